The van der Waals surface area contributed by atoms with Crippen molar-refractivity contribution in [3.8, 4) is 11.8 Å². The summed E-state index contributed by atoms with van der Waals surface area (Å²) >= 11 is -2.65. The maximum Gasteiger partial charge on any atom is 0.323 e. The second-order valence-electron chi connectivity index (χ2n) is 9.11. The first-order chi connectivity index (χ1) is 17.9. The molecule has 0 radical (unpaired) electrons. The predicted octanol–water partition coefficient (Wildman–Crippen LogP) is 4.19. The molecule has 1 fully saturated rings. The van der Waals surface area contributed by atoms with Crippen molar-refractivity contribution in [3.63, 3.8) is 0 Å². The van der Waals surface area contributed by atoms with E-state index in [0.717, 1.165) is 27.6 Å². The lowest BCUT2D eigenvalue weighted by atomic mass is 10.0. The van der Waals surface area contributed by atoms with Gasteiger partial charge in [-0.1, -0.05) is 56.4 Å². The molecule has 0 aromatic heterocycles. The van der Waals surface area contributed by atoms with Crippen LogP contribution >= 0.6 is 0 Å². The SMILES string of the molecule is CCCC(C(=O)O)N(N1CCN(c2ccc(C#Cc3ccc4cccc(CC)c4c3)cc2)CC1)S(=O)[O-]. The van der Waals surface area contributed by atoms with Gasteiger partial charge in [0, 0.05) is 54.3 Å². The van der Waals surface area contributed by atoms with Gasteiger partial charge >= 0.3 is 5.97 Å². The third-order valence-corrected chi connectivity index (χ3v) is 7.53. The van der Waals surface area contributed by atoms with Gasteiger partial charge in [0.05, 0.1) is 0 Å². The van der Waals surface area contributed by atoms with E-state index in [1.54, 1.807) is 5.01 Å². The lowest BCUT2D eigenvalue weighted by Gasteiger charge is -2.44. The topological polar surface area (TPSA) is 87.2 Å². The number of benzene rings is 3. The summed E-state index contributed by atoms with van der Waals surface area (Å²) in [7, 11) is 0. The molecule has 1 N–H and O–H groups in total. The molecule has 8 heteroatoms. The molecule has 1 aliphatic heterocycles. The van der Waals surface area contributed by atoms with Crippen LogP contribution in [0.25, 0.3) is 10.8 Å². The smallest absolute Gasteiger partial charge is 0.323 e. The second kappa shape index (κ2) is 12.3. The number of aliphatic carboxylic acids is 1. The molecule has 194 valence electrons. The predicted molar refractivity (Wildman–Crippen MR) is 147 cm³/mol. The van der Waals surface area contributed by atoms with E-state index in [1.807, 2.05) is 31.2 Å². The minimum Gasteiger partial charge on any atom is -0.759 e. The summed E-state index contributed by atoms with van der Waals surface area (Å²) in [5.74, 6) is 5.41. The van der Waals surface area contributed by atoms with Crippen molar-refractivity contribution in [2.75, 3.05) is 31.1 Å². The first kappa shape index (κ1) is 26.8. The maximum absolute atomic E-state index is 11.9. The minimum atomic E-state index is -2.65. The molecule has 3 aromatic rings. The molecule has 1 aliphatic rings. The molecule has 37 heavy (non-hydrogen) atoms. The van der Waals surface area contributed by atoms with E-state index in [-0.39, 0.29) is 6.42 Å². The van der Waals surface area contributed by atoms with Gasteiger partial charge in [-0.2, -0.15) is 4.41 Å². The zero-order chi connectivity index (χ0) is 26.4. The van der Waals surface area contributed by atoms with Gasteiger partial charge in [0.25, 0.3) is 0 Å². The van der Waals surface area contributed by atoms with Crippen LogP contribution in [0.15, 0.2) is 60.7 Å². The van der Waals surface area contributed by atoms with Gasteiger partial charge in [-0.3, -0.25) is 9.00 Å². The van der Waals surface area contributed by atoms with Crippen LogP contribution in [0.5, 0.6) is 0 Å². The van der Waals surface area contributed by atoms with Crippen LogP contribution in [-0.2, 0) is 22.5 Å². The largest absolute Gasteiger partial charge is 0.759 e. The second-order valence-corrected chi connectivity index (χ2v) is 9.91. The van der Waals surface area contributed by atoms with Crippen LogP contribution in [0.3, 0.4) is 0 Å². The molecule has 4 rings (SSSR count). The fourth-order valence-electron chi connectivity index (χ4n) is 4.77. The minimum absolute atomic E-state index is 0.269. The summed E-state index contributed by atoms with van der Waals surface area (Å²) in [6.45, 7) is 6.03. The summed E-state index contributed by atoms with van der Waals surface area (Å²) in [6.07, 6.45) is 1.83. The molecular formula is C29H32N3O4S-. The number of carboxylic acid groups (broad SMARTS) is 1. The van der Waals surface area contributed by atoms with Crippen LogP contribution in [0.2, 0.25) is 0 Å². The lowest BCUT2D eigenvalue weighted by molar-refractivity contribution is -0.147. The number of carbonyl (C=O) groups is 1. The molecule has 2 unspecified atom stereocenters. The van der Waals surface area contributed by atoms with Crippen molar-refractivity contribution in [2.45, 2.75) is 39.2 Å². The summed E-state index contributed by atoms with van der Waals surface area (Å²) in [5.41, 5.74) is 4.25. The highest BCUT2D eigenvalue weighted by atomic mass is 32.2. The number of hydrogen-bond donors (Lipinski definition) is 1. The molecule has 1 saturated heterocycles. The van der Waals surface area contributed by atoms with E-state index in [4.69, 9.17) is 0 Å². The zero-order valence-electron chi connectivity index (χ0n) is 21.2. The fourth-order valence-corrected chi connectivity index (χ4v) is 5.53. The Morgan fingerprint density at radius 1 is 1.03 bits per heavy atom. The molecule has 3 aromatic carbocycles. The summed E-state index contributed by atoms with van der Waals surface area (Å²) < 4.78 is 24.7. The lowest BCUT2D eigenvalue weighted by Crippen LogP contribution is -2.58. The molecule has 7 nitrogen and oxygen atoms in total. The summed E-state index contributed by atoms with van der Waals surface area (Å²) in [4.78, 5) is 13.8. The van der Waals surface area contributed by atoms with Gasteiger partial charge in [0.2, 0.25) is 0 Å². The van der Waals surface area contributed by atoms with Crippen molar-refractivity contribution in [1.82, 2.24) is 9.42 Å². The summed E-state index contributed by atoms with van der Waals surface area (Å²) in [5, 5.41) is 13.6. The number of carboxylic acids is 1. The first-order valence-corrected chi connectivity index (χ1v) is 13.7. The number of nitrogens with zero attached hydrogens (tertiary/aromatic N) is 3. The van der Waals surface area contributed by atoms with Crippen LogP contribution in [0.1, 0.15) is 43.4 Å². The maximum atomic E-state index is 11.9. The van der Waals surface area contributed by atoms with E-state index in [2.05, 4.69) is 60.1 Å². The molecule has 0 spiro atoms. The Morgan fingerprint density at radius 2 is 1.70 bits per heavy atom. The molecule has 2 atom stereocenters. The summed E-state index contributed by atoms with van der Waals surface area (Å²) in [6, 6.07) is 19.7. The highest BCUT2D eigenvalue weighted by Crippen LogP contribution is 2.22. The Kier molecular flexibility index (Phi) is 8.95. The average molecular weight is 519 g/mol. The normalized spacial score (nSPS) is 15.8. The van der Waals surface area contributed by atoms with E-state index < -0.39 is 23.3 Å². The number of aryl methyl sites for hydroxylation is 1. The number of anilines is 1. The highest BCUT2D eigenvalue weighted by molar-refractivity contribution is 7.76. The quantitative estimate of drug-likeness (QED) is 0.356. The molecule has 0 amide bonds. The van der Waals surface area contributed by atoms with Crippen molar-refractivity contribution in [2.24, 2.45) is 0 Å². The van der Waals surface area contributed by atoms with Crippen molar-refractivity contribution in [1.29, 1.82) is 0 Å². The van der Waals surface area contributed by atoms with Gasteiger partial charge in [0.1, 0.15) is 6.04 Å². The van der Waals surface area contributed by atoms with Crippen molar-refractivity contribution >= 4 is 33.7 Å². The molecule has 1 heterocycles. The van der Waals surface area contributed by atoms with E-state index in [0.29, 0.717) is 32.6 Å². The van der Waals surface area contributed by atoms with Crippen LogP contribution in [0, 0.1) is 11.8 Å². The third kappa shape index (κ3) is 6.38. The van der Waals surface area contributed by atoms with Gasteiger partial charge in [0.15, 0.2) is 0 Å². The van der Waals surface area contributed by atoms with Crippen molar-refractivity contribution < 1.29 is 18.7 Å². The Bertz CT molecular complexity index is 1320. The monoisotopic (exact) mass is 518 g/mol. The number of rotatable bonds is 8. The number of hydrogen-bond acceptors (Lipinski definition) is 5. The highest BCUT2D eigenvalue weighted by Gasteiger charge is 2.32. The fraction of sp³-hybridized carbons (Fsp3) is 0.345. The van der Waals surface area contributed by atoms with Crippen LogP contribution < -0.4 is 4.90 Å². The molecule has 0 bridgehead atoms. The van der Waals surface area contributed by atoms with Gasteiger partial charge in [-0.15, -0.1) is 0 Å². The van der Waals surface area contributed by atoms with E-state index in [1.165, 1.54) is 16.3 Å². The molecule has 0 aliphatic carbocycles. The van der Waals surface area contributed by atoms with Gasteiger partial charge in [-0.25, -0.2) is 5.01 Å². The van der Waals surface area contributed by atoms with Crippen LogP contribution in [0.4, 0.5) is 5.69 Å². The van der Waals surface area contributed by atoms with Crippen LogP contribution in [-0.4, -0.2) is 61.5 Å². The number of fused-ring (bicyclic) bond motifs is 1. The Hall–Kier alpha value is -3.22. The first-order valence-electron chi connectivity index (χ1n) is 12.7. The Labute approximate surface area is 221 Å². The Morgan fingerprint density at radius 3 is 2.32 bits per heavy atom. The van der Waals surface area contributed by atoms with Gasteiger partial charge < -0.3 is 14.6 Å². The van der Waals surface area contributed by atoms with Gasteiger partial charge in [-0.05, 0) is 65.6 Å². The van der Waals surface area contributed by atoms with E-state index >= 15 is 0 Å². The molecular weight excluding hydrogens is 486 g/mol. The zero-order valence-corrected chi connectivity index (χ0v) is 22.0. The standard InChI is InChI=1S/C29H33N3O4S/c1-3-6-28(29(33)34)32(37(35)36)31-19-17-30(18-20-31)26-15-12-22(13-16-26)9-10-23-11-14-25-8-5-7-24(4-2)27(25)21-23/h5,7-8,11-16,21,28H,3-4,6,17-20H2,1-2H3,(H,33,34)(H,35,36)/p-1. The number of hydrazine groups is 1. The number of piperazine rings is 1. The Balaban J connectivity index is 1.41. The van der Waals surface area contributed by atoms with E-state index in [9.17, 15) is 18.7 Å². The average Bonchev–Trinajstić information content (AvgIpc) is 2.91. The van der Waals surface area contributed by atoms with Crippen molar-refractivity contribution in [3.05, 3.63) is 77.4 Å². The third-order valence-electron chi connectivity index (χ3n) is 6.74. The molecule has 0 saturated carbocycles.